The van der Waals surface area contributed by atoms with E-state index in [0.717, 1.165) is 11.9 Å². The minimum Gasteiger partial charge on any atom is -0.506 e. The van der Waals surface area contributed by atoms with Crippen LogP contribution in [0, 0.1) is 0 Å². The highest BCUT2D eigenvalue weighted by molar-refractivity contribution is 8.93. The Bertz CT molecular complexity index is 1200. The van der Waals surface area contributed by atoms with E-state index in [1.807, 2.05) is 45.9 Å². The number of ether oxygens (including phenoxy) is 1. The number of carbonyl (C=O) groups excluding carboxylic acids is 1. The van der Waals surface area contributed by atoms with E-state index in [9.17, 15) is 23.4 Å². The Labute approximate surface area is 230 Å². The fourth-order valence-corrected chi connectivity index (χ4v) is 5.06. The molecule has 11 heteroatoms. The third-order valence-corrected chi connectivity index (χ3v) is 7.32. The maximum Gasteiger partial charge on any atom is 0.342 e. The number of cyclic esters (lactones) is 1. The lowest BCUT2D eigenvalue weighted by Gasteiger charge is -2.48. The number of carbonyl (C=O) groups is 1. The van der Waals surface area contributed by atoms with Crippen molar-refractivity contribution in [2.45, 2.75) is 64.3 Å². The van der Waals surface area contributed by atoms with Crippen molar-refractivity contribution in [1.29, 1.82) is 0 Å². The van der Waals surface area contributed by atoms with Gasteiger partial charge < -0.3 is 25.2 Å². The van der Waals surface area contributed by atoms with E-state index in [1.54, 1.807) is 12.1 Å². The number of hydrogen-bond acceptors (Lipinski definition) is 8. The molecule has 0 aliphatic carbocycles. The molecule has 3 rings (SSSR count). The Kier molecular flexibility index (Phi) is 10.0. The number of hydrogen-bond donors (Lipinski definition) is 4. The number of fused-ring (bicyclic) bond motifs is 1. The van der Waals surface area contributed by atoms with Crippen LogP contribution in [0.25, 0.3) is 0 Å². The summed E-state index contributed by atoms with van der Waals surface area (Å²) in [6, 6.07) is 11.8. The molecule has 0 saturated heterocycles. The van der Waals surface area contributed by atoms with Gasteiger partial charge in [0, 0.05) is 31.5 Å². The second-order valence-electron chi connectivity index (χ2n) is 9.89. The number of rotatable bonds is 11. The van der Waals surface area contributed by atoms with Gasteiger partial charge >= 0.3 is 5.97 Å². The first-order valence-corrected chi connectivity index (χ1v) is 14.0. The summed E-state index contributed by atoms with van der Waals surface area (Å²) in [6.07, 6.45) is 2.07. The molecule has 2 aromatic rings. The van der Waals surface area contributed by atoms with Crippen molar-refractivity contribution >= 4 is 44.3 Å². The third kappa shape index (κ3) is 7.37. The number of esters is 1. The summed E-state index contributed by atoms with van der Waals surface area (Å²) >= 11 is 0. The predicted molar refractivity (Wildman–Crippen MR) is 151 cm³/mol. The zero-order valence-corrected chi connectivity index (χ0v) is 24.5. The van der Waals surface area contributed by atoms with Crippen LogP contribution in [-0.4, -0.2) is 55.2 Å². The highest BCUT2D eigenvalue weighted by atomic mass is 79.9. The largest absolute Gasteiger partial charge is 0.506 e. The van der Waals surface area contributed by atoms with Crippen molar-refractivity contribution in [2.24, 2.45) is 0 Å². The number of nitrogens with zero attached hydrogens (tertiary/aromatic N) is 1. The van der Waals surface area contributed by atoms with Crippen LogP contribution < -0.4 is 14.9 Å². The van der Waals surface area contributed by atoms with Crippen molar-refractivity contribution in [3.8, 4) is 5.75 Å². The minimum absolute atomic E-state index is 0. The Balaban J connectivity index is 0.00000481. The molecular weight excluding hydrogens is 562 g/mol. The van der Waals surface area contributed by atoms with E-state index in [2.05, 4.69) is 14.9 Å². The quantitative estimate of drug-likeness (QED) is 0.222. The van der Waals surface area contributed by atoms with E-state index >= 15 is 0 Å². The van der Waals surface area contributed by atoms with Crippen LogP contribution in [0.2, 0.25) is 0 Å². The van der Waals surface area contributed by atoms with Gasteiger partial charge in [0.25, 0.3) is 0 Å². The van der Waals surface area contributed by atoms with Crippen LogP contribution in [-0.2, 0) is 14.8 Å². The number of sulfonamides is 1. The number of benzene rings is 2. The second-order valence-corrected chi connectivity index (χ2v) is 11.6. The van der Waals surface area contributed by atoms with Gasteiger partial charge in [-0.05, 0) is 50.1 Å². The Morgan fingerprint density at radius 2 is 1.78 bits per heavy atom. The monoisotopic (exact) mass is 599 g/mol. The minimum atomic E-state index is -3.58. The van der Waals surface area contributed by atoms with Crippen LogP contribution >= 0.6 is 17.0 Å². The second kappa shape index (κ2) is 12.0. The van der Waals surface area contributed by atoms with Crippen LogP contribution in [0.3, 0.4) is 0 Å². The van der Waals surface area contributed by atoms with Gasteiger partial charge in [-0.2, -0.15) is 0 Å². The maximum absolute atomic E-state index is 12.7. The van der Waals surface area contributed by atoms with Crippen molar-refractivity contribution in [2.75, 3.05) is 29.0 Å². The number of phenolic OH excluding ortho intramolecular Hbond substituents is 1. The van der Waals surface area contributed by atoms with Gasteiger partial charge in [-0.15, -0.1) is 17.0 Å². The first kappa shape index (κ1) is 30.9. The van der Waals surface area contributed by atoms with E-state index < -0.39 is 21.9 Å². The van der Waals surface area contributed by atoms with Crippen molar-refractivity contribution in [1.82, 2.24) is 5.32 Å². The molecule has 1 aliphatic heterocycles. The van der Waals surface area contributed by atoms with Gasteiger partial charge in [0.1, 0.15) is 5.75 Å². The number of phenols is 1. The van der Waals surface area contributed by atoms with Crippen LogP contribution in [0.4, 0.5) is 11.4 Å². The normalized spacial score (nSPS) is 15.8. The molecule has 1 heterocycles. The molecule has 0 radical (unpaired) electrons. The number of aromatic hydroxyl groups is 1. The Morgan fingerprint density at radius 1 is 1.14 bits per heavy atom. The van der Waals surface area contributed by atoms with E-state index in [4.69, 9.17) is 4.74 Å². The van der Waals surface area contributed by atoms with Gasteiger partial charge in [0.2, 0.25) is 10.0 Å². The fraction of sp³-hybridized carbons (Fsp3) is 0.500. The summed E-state index contributed by atoms with van der Waals surface area (Å²) in [5.74, 6) is -0.521. The summed E-state index contributed by atoms with van der Waals surface area (Å²) < 4.78 is 31.3. The number of halogens is 1. The summed E-state index contributed by atoms with van der Waals surface area (Å²) in [4.78, 5) is 14.8. The zero-order valence-electron chi connectivity index (χ0n) is 21.9. The third-order valence-electron chi connectivity index (χ3n) is 6.73. The van der Waals surface area contributed by atoms with Gasteiger partial charge in [-0.25, -0.2) is 13.2 Å². The number of β-amino-alcohol motifs (C(OH)–C–C–N with tert-alkyl or cyclic N) is 1. The van der Waals surface area contributed by atoms with E-state index in [-0.39, 0.29) is 46.5 Å². The summed E-state index contributed by atoms with van der Waals surface area (Å²) in [6.45, 7) is 8.95. The van der Waals surface area contributed by atoms with Crippen LogP contribution in [0.15, 0.2) is 42.5 Å². The molecular formula is C26H38BrN3O6S. The Morgan fingerprint density at radius 3 is 2.41 bits per heavy atom. The topological polar surface area (TPSA) is 128 Å². The molecule has 206 valence electrons. The maximum atomic E-state index is 12.7. The molecule has 1 aliphatic rings. The average Bonchev–Trinajstić information content (AvgIpc) is 2.82. The molecule has 0 fully saturated rings. The number of aliphatic hydroxyl groups excluding tert-OH is 1. The summed E-state index contributed by atoms with van der Waals surface area (Å²) in [5.41, 5.74) is 0.813. The van der Waals surface area contributed by atoms with Gasteiger partial charge in [-0.3, -0.25) is 4.72 Å². The lowest BCUT2D eigenvalue weighted by atomic mass is 9.94. The first-order valence-electron chi connectivity index (χ1n) is 12.1. The van der Waals surface area contributed by atoms with Crippen molar-refractivity contribution < 1.29 is 28.2 Å². The molecule has 9 nitrogen and oxygen atoms in total. The molecule has 0 spiro atoms. The molecule has 0 amide bonds. The number of para-hydroxylation sites is 1. The van der Waals surface area contributed by atoms with Gasteiger partial charge in [0.15, 0.2) is 5.72 Å². The van der Waals surface area contributed by atoms with Crippen molar-refractivity contribution in [3.05, 3.63) is 53.6 Å². The number of nitrogens with one attached hydrogen (secondary N) is 2. The Hall–Kier alpha value is -2.34. The molecule has 0 bridgehead atoms. The highest BCUT2D eigenvalue weighted by Gasteiger charge is 2.43. The molecule has 0 saturated carbocycles. The lowest BCUT2D eigenvalue weighted by molar-refractivity contribution is -0.0304. The van der Waals surface area contributed by atoms with E-state index in [0.29, 0.717) is 36.9 Å². The lowest BCUT2D eigenvalue weighted by Crippen LogP contribution is -2.56. The molecule has 1 atom stereocenters. The standard InChI is InChI=1S/C26H37N3O6S.BrH/c1-6-26(7-2)29(21-11-9-8-10-19(21)24(32)35-26)15-14-25(3,4)27-17-23(31)18-12-13-22(30)20(16-18)28-36(5,33)34;/h8-13,16,23,27-28,30-31H,6-7,14-15,17H2,1-5H3;1H/t23-;/m0./s1. The molecule has 4 N–H and O–H groups in total. The van der Waals surface area contributed by atoms with E-state index in [1.165, 1.54) is 12.1 Å². The highest BCUT2D eigenvalue weighted by Crippen LogP contribution is 2.39. The average molecular weight is 601 g/mol. The van der Waals surface area contributed by atoms with Gasteiger partial charge in [-0.1, -0.05) is 32.0 Å². The summed E-state index contributed by atoms with van der Waals surface area (Å²) in [7, 11) is -3.58. The molecule has 2 aromatic carbocycles. The van der Waals surface area contributed by atoms with Crippen LogP contribution in [0.1, 0.15) is 69.0 Å². The van der Waals surface area contributed by atoms with Crippen molar-refractivity contribution in [3.63, 3.8) is 0 Å². The zero-order chi connectivity index (χ0) is 26.7. The van der Waals surface area contributed by atoms with Gasteiger partial charge in [0.05, 0.1) is 29.3 Å². The number of anilines is 2. The molecule has 0 aromatic heterocycles. The molecule has 0 unspecified atom stereocenters. The van der Waals surface area contributed by atoms with Crippen LogP contribution in [0.5, 0.6) is 5.75 Å². The first-order chi connectivity index (χ1) is 16.8. The molecule has 37 heavy (non-hydrogen) atoms. The smallest absolute Gasteiger partial charge is 0.342 e. The SMILES string of the molecule is Br.CCC1(CC)OC(=O)c2ccccc2N1CCC(C)(C)NC[C@H](O)c1ccc(O)c(NS(C)(=O)=O)c1. The summed E-state index contributed by atoms with van der Waals surface area (Å²) in [5, 5.41) is 24.1. The number of aliphatic hydroxyl groups is 1. The fourth-order valence-electron chi connectivity index (χ4n) is 4.50. The predicted octanol–water partition coefficient (Wildman–Crippen LogP) is 4.33.